The standard InChI is InChI=1S/C8H4ClF3N2O3S/c1-4-7(17-8(10,11)12)5(2-13)6(3-14-4)18(9,15)16/h3H,1H3. The van der Waals surface area contributed by atoms with Crippen molar-refractivity contribution in [3.63, 3.8) is 0 Å². The quantitative estimate of drug-likeness (QED) is 0.781. The molecule has 0 aliphatic carbocycles. The molecule has 1 aromatic heterocycles. The molecule has 98 valence electrons. The van der Waals surface area contributed by atoms with E-state index in [9.17, 15) is 21.6 Å². The summed E-state index contributed by atoms with van der Waals surface area (Å²) in [5, 5.41) is 8.74. The summed E-state index contributed by atoms with van der Waals surface area (Å²) in [5.41, 5.74) is -1.12. The van der Waals surface area contributed by atoms with Crippen molar-refractivity contribution >= 4 is 19.7 Å². The number of aryl methyl sites for hydroxylation is 1. The lowest BCUT2D eigenvalue weighted by Gasteiger charge is -2.13. The number of ether oxygens (including phenoxy) is 1. The van der Waals surface area contributed by atoms with Crippen molar-refractivity contribution in [3.8, 4) is 11.8 Å². The van der Waals surface area contributed by atoms with Crippen molar-refractivity contribution in [1.29, 1.82) is 5.26 Å². The van der Waals surface area contributed by atoms with Gasteiger partial charge in [0, 0.05) is 16.9 Å². The second-order valence-corrected chi connectivity index (χ2v) is 5.54. The number of rotatable bonds is 2. The molecule has 10 heteroatoms. The highest BCUT2D eigenvalue weighted by atomic mass is 35.7. The fourth-order valence-electron chi connectivity index (χ4n) is 1.10. The largest absolute Gasteiger partial charge is 0.573 e. The van der Waals surface area contributed by atoms with Gasteiger partial charge >= 0.3 is 6.36 Å². The van der Waals surface area contributed by atoms with Crippen LogP contribution in [0.25, 0.3) is 0 Å². The molecule has 18 heavy (non-hydrogen) atoms. The summed E-state index contributed by atoms with van der Waals surface area (Å²) >= 11 is 0. The number of nitriles is 1. The lowest BCUT2D eigenvalue weighted by molar-refractivity contribution is -0.275. The Morgan fingerprint density at radius 1 is 1.50 bits per heavy atom. The Labute approximate surface area is 104 Å². The molecule has 0 saturated carbocycles. The molecule has 0 atom stereocenters. The van der Waals surface area contributed by atoms with Crippen LogP contribution in [0.15, 0.2) is 11.1 Å². The molecule has 0 bridgehead atoms. The van der Waals surface area contributed by atoms with Crippen molar-refractivity contribution in [2.24, 2.45) is 0 Å². The first kappa shape index (κ1) is 14.5. The zero-order valence-electron chi connectivity index (χ0n) is 8.62. The zero-order valence-corrected chi connectivity index (χ0v) is 10.2. The smallest absolute Gasteiger partial charge is 0.402 e. The molecule has 0 amide bonds. The average molecular weight is 301 g/mol. The van der Waals surface area contributed by atoms with Crippen LogP contribution < -0.4 is 4.74 Å². The van der Waals surface area contributed by atoms with Gasteiger partial charge in [0.15, 0.2) is 5.75 Å². The van der Waals surface area contributed by atoms with E-state index in [0.717, 1.165) is 6.92 Å². The molecule has 0 saturated heterocycles. The van der Waals surface area contributed by atoms with E-state index in [1.807, 2.05) is 0 Å². The van der Waals surface area contributed by atoms with E-state index in [2.05, 4.69) is 9.72 Å². The summed E-state index contributed by atoms with van der Waals surface area (Å²) in [7, 11) is 0.582. The SMILES string of the molecule is Cc1ncc(S(=O)(=O)Cl)c(C#N)c1OC(F)(F)F. The van der Waals surface area contributed by atoms with Crippen LogP contribution in [0.1, 0.15) is 11.3 Å². The Balaban J connectivity index is 3.57. The summed E-state index contributed by atoms with van der Waals surface area (Å²) in [6.07, 6.45) is -4.38. The topological polar surface area (TPSA) is 80.0 Å². The Hall–Kier alpha value is -1.53. The van der Waals surface area contributed by atoms with Crippen molar-refractivity contribution in [1.82, 2.24) is 4.98 Å². The van der Waals surface area contributed by atoms with Gasteiger partial charge in [0.25, 0.3) is 9.05 Å². The van der Waals surface area contributed by atoms with Crippen LogP contribution in [-0.2, 0) is 9.05 Å². The third kappa shape index (κ3) is 3.24. The monoisotopic (exact) mass is 300 g/mol. The minimum Gasteiger partial charge on any atom is -0.402 e. The lowest BCUT2D eigenvalue weighted by Crippen LogP contribution is -2.19. The number of hydrogen-bond acceptors (Lipinski definition) is 5. The van der Waals surface area contributed by atoms with Crippen molar-refractivity contribution in [2.45, 2.75) is 18.2 Å². The fraction of sp³-hybridized carbons (Fsp3) is 0.250. The Kier molecular flexibility index (Phi) is 3.73. The number of aromatic nitrogens is 1. The molecular formula is C8H4ClF3N2O3S. The second kappa shape index (κ2) is 4.62. The molecule has 0 unspecified atom stereocenters. The molecule has 0 N–H and O–H groups in total. The Bertz CT molecular complexity index is 622. The second-order valence-electron chi connectivity index (χ2n) is 3.01. The summed E-state index contributed by atoms with van der Waals surface area (Å²) in [5.74, 6) is -0.980. The number of hydrogen-bond donors (Lipinski definition) is 0. The van der Waals surface area contributed by atoms with E-state index in [0.29, 0.717) is 6.20 Å². The average Bonchev–Trinajstić information content (AvgIpc) is 2.17. The van der Waals surface area contributed by atoms with E-state index in [-0.39, 0.29) is 5.69 Å². The summed E-state index contributed by atoms with van der Waals surface area (Å²) in [4.78, 5) is 2.56. The number of halogens is 4. The van der Waals surface area contributed by atoms with Crippen LogP contribution in [-0.4, -0.2) is 19.8 Å². The van der Waals surface area contributed by atoms with E-state index in [1.165, 1.54) is 6.07 Å². The van der Waals surface area contributed by atoms with Crippen LogP contribution in [0, 0.1) is 18.3 Å². The lowest BCUT2D eigenvalue weighted by atomic mass is 10.2. The maximum absolute atomic E-state index is 12.1. The molecule has 0 aromatic carbocycles. The highest BCUT2D eigenvalue weighted by Gasteiger charge is 2.35. The van der Waals surface area contributed by atoms with Gasteiger partial charge in [-0.1, -0.05) is 0 Å². The van der Waals surface area contributed by atoms with E-state index in [4.69, 9.17) is 15.9 Å². The summed E-state index contributed by atoms with van der Waals surface area (Å²) in [6, 6.07) is 1.31. The third-order valence-electron chi connectivity index (χ3n) is 1.77. The van der Waals surface area contributed by atoms with Crippen LogP contribution in [0.4, 0.5) is 13.2 Å². The van der Waals surface area contributed by atoms with Gasteiger partial charge in [0.2, 0.25) is 0 Å². The van der Waals surface area contributed by atoms with Gasteiger partial charge < -0.3 is 4.74 Å². The highest BCUT2D eigenvalue weighted by molar-refractivity contribution is 8.13. The van der Waals surface area contributed by atoms with E-state index >= 15 is 0 Å². The molecule has 1 rings (SSSR count). The fourth-order valence-corrected chi connectivity index (χ4v) is 2.01. The molecule has 5 nitrogen and oxygen atoms in total. The molecule has 0 aliphatic heterocycles. The maximum Gasteiger partial charge on any atom is 0.573 e. The van der Waals surface area contributed by atoms with Crippen molar-refractivity contribution in [2.75, 3.05) is 0 Å². The van der Waals surface area contributed by atoms with Gasteiger partial charge in [-0.2, -0.15) is 5.26 Å². The number of alkyl halides is 3. The minimum atomic E-state index is -5.08. The van der Waals surface area contributed by atoms with E-state index in [1.54, 1.807) is 0 Å². The highest BCUT2D eigenvalue weighted by Crippen LogP contribution is 2.33. The first-order valence-electron chi connectivity index (χ1n) is 4.16. The number of nitrogens with zero attached hydrogens (tertiary/aromatic N) is 2. The summed E-state index contributed by atoms with van der Waals surface area (Å²) in [6.45, 7) is 1.13. The molecule has 0 spiro atoms. The predicted octanol–water partition coefficient (Wildman–Crippen LogP) is 2.09. The van der Waals surface area contributed by atoms with Gasteiger partial charge in [0.05, 0.1) is 5.69 Å². The van der Waals surface area contributed by atoms with Gasteiger partial charge in [-0.15, -0.1) is 13.2 Å². The van der Waals surface area contributed by atoms with Crippen molar-refractivity contribution in [3.05, 3.63) is 17.5 Å². The van der Waals surface area contributed by atoms with Gasteiger partial charge in [-0.25, -0.2) is 8.42 Å². The molecule has 0 radical (unpaired) electrons. The normalized spacial score (nSPS) is 12.0. The molecular weight excluding hydrogens is 297 g/mol. The van der Waals surface area contributed by atoms with Crippen molar-refractivity contribution < 1.29 is 26.3 Å². The molecule has 0 aliphatic rings. The first-order valence-corrected chi connectivity index (χ1v) is 6.47. The maximum atomic E-state index is 12.1. The molecule has 1 heterocycles. The third-order valence-corrected chi connectivity index (χ3v) is 3.10. The number of pyridine rings is 1. The van der Waals surface area contributed by atoms with Crippen LogP contribution >= 0.6 is 10.7 Å². The van der Waals surface area contributed by atoms with Gasteiger partial charge in [-0.3, -0.25) is 4.98 Å². The van der Waals surface area contributed by atoms with Gasteiger partial charge in [0.1, 0.15) is 16.5 Å². The summed E-state index contributed by atoms with van der Waals surface area (Å²) < 4.78 is 62.1. The van der Waals surface area contributed by atoms with Crippen LogP contribution in [0.5, 0.6) is 5.75 Å². The predicted molar refractivity (Wildman–Crippen MR) is 53.4 cm³/mol. The first-order chi connectivity index (χ1) is 8.06. The Morgan fingerprint density at radius 2 is 2.06 bits per heavy atom. The Morgan fingerprint density at radius 3 is 2.44 bits per heavy atom. The van der Waals surface area contributed by atoms with E-state index < -0.39 is 31.6 Å². The minimum absolute atomic E-state index is 0.284. The molecule has 1 aromatic rings. The van der Waals surface area contributed by atoms with Gasteiger partial charge in [-0.05, 0) is 6.92 Å². The molecule has 0 fully saturated rings. The van der Waals surface area contributed by atoms with Crippen LogP contribution in [0.3, 0.4) is 0 Å². The zero-order chi connectivity index (χ0) is 14.1. The van der Waals surface area contributed by atoms with Crippen LogP contribution in [0.2, 0.25) is 0 Å².